The minimum absolute atomic E-state index is 0.826. The topological polar surface area (TPSA) is 22.9 Å². The van der Waals surface area contributed by atoms with Crippen LogP contribution in [0.15, 0.2) is 48.5 Å². The Hall–Kier alpha value is -2.26. The third-order valence-corrected chi connectivity index (χ3v) is 4.41. The molecule has 120 valence electrons. The summed E-state index contributed by atoms with van der Waals surface area (Å²) in [6.45, 7) is 3.24. The quantitative estimate of drug-likeness (QED) is 0.916. The van der Waals surface area contributed by atoms with Crippen molar-refractivity contribution in [3.63, 3.8) is 0 Å². The van der Waals surface area contributed by atoms with E-state index in [0.29, 0.717) is 0 Å². The van der Waals surface area contributed by atoms with E-state index in [1.165, 1.54) is 16.7 Å². The number of hydrogen-bond acceptors (Lipinski definition) is 2. The summed E-state index contributed by atoms with van der Waals surface area (Å²) in [4.78, 5) is 1.58. The molecule has 0 fully saturated rings. The number of hydrogen-bond donors (Lipinski definition) is 1. The zero-order valence-electron chi connectivity index (χ0n) is 13.8. The van der Waals surface area contributed by atoms with E-state index in [-0.39, 0.29) is 0 Å². The summed E-state index contributed by atoms with van der Waals surface area (Å²) in [5, 5.41) is 0. The molecule has 1 N–H and O–H groups in total. The number of rotatable bonds is 5. The normalized spacial score (nSPS) is 17.0. The summed E-state index contributed by atoms with van der Waals surface area (Å²) in [7, 11) is 3.39. The lowest BCUT2D eigenvalue weighted by atomic mass is 9.99. The van der Waals surface area contributed by atoms with Crippen molar-refractivity contribution in [2.45, 2.75) is 13.0 Å². The number of fused-ring (bicyclic) bond motifs is 1. The van der Waals surface area contributed by atoms with Gasteiger partial charge < -0.3 is 14.4 Å². The van der Waals surface area contributed by atoms with E-state index < -0.39 is 0 Å². The second-order valence-electron chi connectivity index (χ2n) is 5.92. The Morgan fingerprint density at radius 1 is 1.00 bits per heavy atom. The van der Waals surface area contributed by atoms with Gasteiger partial charge in [0, 0.05) is 12.0 Å². The first kappa shape index (κ1) is 15.6. The van der Waals surface area contributed by atoms with Gasteiger partial charge in [0.1, 0.15) is 6.54 Å². The van der Waals surface area contributed by atoms with Gasteiger partial charge in [0.05, 0.1) is 27.3 Å². The summed E-state index contributed by atoms with van der Waals surface area (Å²) in [6, 6.07) is 14.7. The summed E-state index contributed by atoms with van der Waals surface area (Å²) in [5.41, 5.74) is 4.02. The van der Waals surface area contributed by atoms with Crippen LogP contribution in [0.4, 0.5) is 0 Å². The molecule has 3 rings (SSSR count). The van der Waals surface area contributed by atoms with Crippen molar-refractivity contribution in [3.05, 3.63) is 65.2 Å². The van der Waals surface area contributed by atoms with Crippen molar-refractivity contribution in [1.82, 2.24) is 0 Å². The van der Waals surface area contributed by atoms with E-state index in [2.05, 4.69) is 48.6 Å². The first-order valence-corrected chi connectivity index (χ1v) is 8.09. The van der Waals surface area contributed by atoms with Crippen molar-refractivity contribution >= 4 is 6.08 Å². The molecule has 23 heavy (non-hydrogen) atoms. The Morgan fingerprint density at radius 3 is 2.39 bits per heavy atom. The minimum Gasteiger partial charge on any atom is -0.493 e. The maximum atomic E-state index is 5.43. The Labute approximate surface area is 138 Å². The van der Waals surface area contributed by atoms with Gasteiger partial charge in [0.2, 0.25) is 0 Å². The molecule has 1 unspecified atom stereocenters. The van der Waals surface area contributed by atoms with Crippen LogP contribution in [-0.4, -0.2) is 27.3 Å². The number of methoxy groups -OCH3 is 2. The summed E-state index contributed by atoms with van der Waals surface area (Å²) < 4.78 is 10.8. The third-order valence-electron chi connectivity index (χ3n) is 4.41. The van der Waals surface area contributed by atoms with E-state index in [4.69, 9.17) is 9.47 Å². The molecule has 0 amide bonds. The fraction of sp³-hybridized carbons (Fsp3) is 0.300. The van der Waals surface area contributed by atoms with Gasteiger partial charge in [-0.2, -0.15) is 0 Å². The number of nitrogens with one attached hydrogen (secondary N) is 1. The zero-order chi connectivity index (χ0) is 16.1. The van der Waals surface area contributed by atoms with Crippen LogP contribution < -0.4 is 14.4 Å². The predicted octanol–water partition coefficient (Wildman–Crippen LogP) is 2.36. The molecular weight excluding hydrogens is 286 g/mol. The van der Waals surface area contributed by atoms with Gasteiger partial charge in [-0.15, -0.1) is 0 Å². The molecule has 0 saturated carbocycles. The standard InChI is InChI=1S/C20H23NO2/c1-22-19-13-17-10-12-21(15-18(17)14-20(19)23-2)11-6-9-16-7-4-3-5-8-16/h3-9,13-14H,10-12,15H2,1-2H3/p+1/b9-6+. The Morgan fingerprint density at radius 2 is 1.70 bits per heavy atom. The average molecular weight is 310 g/mol. The maximum Gasteiger partial charge on any atom is 0.161 e. The van der Waals surface area contributed by atoms with Crippen LogP contribution in [0.3, 0.4) is 0 Å². The van der Waals surface area contributed by atoms with Crippen LogP contribution in [0, 0.1) is 0 Å². The Balaban J connectivity index is 1.67. The lowest BCUT2D eigenvalue weighted by Crippen LogP contribution is -3.11. The van der Waals surface area contributed by atoms with Crippen LogP contribution in [0.25, 0.3) is 6.08 Å². The van der Waals surface area contributed by atoms with Crippen molar-refractivity contribution < 1.29 is 14.4 Å². The maximum absolute atomic E-state index is 5.43. The third kappa shape index (κ3) is 3.74. The smallest absolute Gasteiger partial charge is 0.161 e. The molecule has 0 radical (unpaired) electrons. The molecule has 3 nitrogen and oxygen atoms in total. The highest BCUT2D eigenvalue weighted by Gasteiger charge is 2.21. The van der Waals surface area contributed by atoms with Gasteiger partial charge in [-0.1, -0.05) is 36.4 Å². The van der Waals surface area contributed by atoms with E-state index in [0.717, 1.165) is 37.6 Å². The molecule has 0 bridgehead atoms. The van der Waals surface area contributed by atoms with Gasteiger partial charge >= 0.3 is 0 Å². The summed E-state index contributed by atoms with van der Waals surface area (Å²) in [5.74, 6) is 1.66. The predicted molar refractivity (Wildman–Crippen MR) is 93.1 cm³/mol. The van der Waals surface area contributed by atoms with E-state index >= 15 is 0 Å². The van der Waals surface area contributed by atoms with Gasteiger partial charge in [0.25, 0.3) is 0 Å². The number of quaternary nitrogens is 1. The number of benzene rings is 2. The molecule has 1 aliphatic heterocycles. The van der Waals surface area contributed by atoms with Crippen LogP contribution >= 0.6 is 0 Å². The molecule has 0 saturated heterocycles. The SMILES string of the molecule is COc1cc2c(cc1OC)C[NH+](C/C=C/c1ccccc1)CC2. The molecule has 2 aromatic rings. The van der Waals surface area contributed by atoms with Gasteiger partial charge in [-0.25, -0.2) is 0 Å². The van der Waals surface area contributed by atoms with Crippen molar-refractivity contribution in [3.8, 4) is 11.5 Å². The van der Waals surface area contributed by atoms with E-state index in [1.54, 1.807) is 19.1 Å². The molecule has 0 aromatic heterocycles. The highest BCUT2D eigenvalue weighted by atomic mass is 16.5. The Kier molecular flexibility index (Phi) is 4.99. The van der Waals surface area contributed by atoms with Crippen molar-refractivity contribution in [1.29, 1.82) is 0 Å². The first-order chi connectivity index (χ1) is 11.3. The highest BCUT2D eigenvalue weighted by Crippen LogP contribution is 2.31. The fourth-order valence-electron chi connectivity index (χ4n) is 3.13. The lowest BCUT2D eigenvalue weighted by Gasteiger charge is -2.26. The molecule has 1 heterocycles. The Bertz CT molecular complexity index is 680. The van der Waals surface area contributed by atoms with Crippen LogP contribution in [0.1, 0.15) is 16.7 Å². The van der Waals surface area contributed by atoms with Crippen LogP contribution in [-0.2, 0) is 13.0 Å². The molecular formula is C20H24NO2+. The van der Waals surface area contributed by atoms with E-state index in [9.17, 15) is 0 Å². The van der Waals surface area contributed by atoms with E-state index in [1.807, 2.05) is 6.07 Å². The molecule has 1 aliphatic rings. The molecule has 0 spiro atoms. The van der Waals surface area contributed by atoms with Crippen molar-refractivity contribution in [2.24, 2.45) is 0 Å². The molecule has 0 aliphatic carbocycles. The monoisotopic (exact) mass is 310 g/mol. The van der Waals surface area contributed by atoms with Crippen LogP contribution in [0.5, 0.6) is 11.5 Å². The second kappa shape index (κ2) is 7.34. The summed E-state index contributed by atoms with van der Waals surface area (Å²) >= 11 is 0. The zero-order valence-corrected chi connectivity index (χ0v) is 13.8. The minimum atomic E-state index is 0.826. The first-order valence-electron chi connectivity index (χ1n) is 8.09. The van der Waals surface area contributed by atoms with Gasteiger partial charge in [-0.3, -0.25) is 0 Å². The molecule has 1 atom stereocenters. The van der Waals surface area contributed by atoms with Gasteiger partial charge in [0.15, 0.2) is 11.5 Å². The van der Waals surface area contributed by atoms with Gasteiger partial charge in [-0.05, 0) is 29.3 Å². The average Bonchev–Trinajstić information content (AvgIpc) is 2.61. The summed E-state index contributed by atoms with van der Waals surface area (Å²) in [6.07, 6.45) is 5.57. The number of ether oxygens (including phenoxy) is 2. The fourth-order valence-corrected chi connectivity index (χ4v) is 3.13. The second-order valence-corrected chi connectivity index (χ2v) is 5.92. The van der Waals surface area contributed by atoms with Crippen molar-refractivity contribution in [2.75, 3.05) is 27.3 Å². The largest absolute Gasteiger partial charge is 0.493 e. The van der Waals surface area contributed by atoms with Crippen LogP contribution in [0.2, 0.25) is 0 Å². The lowest BCUT2D eigenvalue weighted by molar-refractivity contribution is -0.910. The molecule has 2 aromatic carbocycles. The molecule has 3 heteroatoms. The highest BCUT2D eigenvalue weighted by molar-refractivity contribution is 5.49.